The number of carbonyl (C=O) groups excluding carboxylic acids is 1. The minimum atomic E-state index is -0.833. The van der Waals surface area contributed by atoms with Crippen molar-refractivity contribution < 1.29 is 4.79 Å². The van der Waals surface area contributed by atoms with E-state index in [2.05, 4.69) is 26.4 Å². The van der Waals surface area contributed by atoms with Crippen LogP contribution in [0, 0.1) is 0 Å². The van der Waals surface area contributed by atoms with Crippen LogP contribution in [-0.2, 0) is 0 Å². The summed E-state index contributed by atoms with van der Waals surface area (Å²) in [7, 11) is 0. The molecule has 68 valence electrons. The summed E-state index contributed by atoms with van der Waals surface area (Å²) >= 11 is 0. The summed E-state index contributed by atoms with van der Waals surface area (Å²) in [6.07, 6.45) is 5.15. The maximum atomic E-state index is 9.00. The van der Waals surface area contributed by atoms with Gasteiger partial charge in [-0.2, -0.15) is 0 Å². The fourth-order valence-electron chi connectivity index (χ4n) is 0.793. The molecule has 0 radical (unpaired) electrons. The van der Waals surface area contributed by atoms with Crippen LogP contribution in [0.15, 0.2) is 24.8 Å². The molecule has 6 heteroatoms. The lowest BCUT2D eigenvalue weighted by molar-refractivity contribution is 0.256. The van der Waals surface area contributed by atoms with Crippen LogP contribution in [0.3, 0.4) is 0 Å². The minimum Gasteiger partial charge on any atom is -0.352 e. The van der Waals surface area contributed by atoms with Gasteiger partial charge in [-0.1, -0.05) is 0 Å². The number of aromatic amines is 1. The highest BCUT2D eigenvalue weighted by Crippen LogP contribution is 2.03. The number of H-pyrrole nitrogens is 1. The second-order valence-electron chi connectivity index (χ2n) is 2.21. The van der Waals surface area contributed by atoms with Crippen LogP contribution >= 0.6 is 0 Å². The van der Waals surface area contributed by atoms with Gasteiger partial charge >= 0.3 is 6.03 Å². The lowest BCUT2D eigenvalue weighted by Crippen LogP contribution is -2.18. The zero-order chi connectivity index (χ0) is 9.68. The third-order valence-electron chi connectivity index (χ3n) is 1.22. The molecule has 0 unspecified atom stereocenters. The largest absolute Gasteiger partial charge is 0.352 e. The van der Waals surface area contributed by atoms with Crippen LogP contribution in [0.1, 0.15) is 0 Å². The van der Waals surface area contributed by atoms with Crippen molar-refractivity contribution >= 4 is 17.1 Å². The van der Waals surface area contributed by atoms with Gasteiger partial charge in [0.1, 0.15) is 12.0 Å². The van der Waals surface area contributed by atoms with E-state index in [1.807, 2.05) is 12.3 Å². The van der Waals surface area contributed by atoms with Crippen LogP contribution in [0.5, 0.6) is 0 Å². The van der Waals surface area contributed by atoms with Gasteiger partial charge in [0, 0.05) is 17.8 Å². The van der Waals surface area contributed by atoms with Crippen molar-refractivity contribution in [1.82, 2.24) is 15.0 Å². The van der Waals surface area contributed by atoms with Crippen LogP contribution in [0.25, 0.3) is 11.0 Å². The highest BCUT2D eigenvalue weighted by molar-refractivity contribution is 5.73. The molecule has 0 bridgehead atoms. The van der Waals surface area contributed by atoms with Crippen molar-refractivity contribution in [3.63, 3.8) is 0 Å². The lowest BCUT2D eigenvalue weighted by atomic mass is 10.4. The second kappa shape index (κ2) is 4.05. The molecular formula is C7H9N5O. The Bertz CT molecular complexity index is 362. The average Bonchev–Trinajstić information content (AvgIpc) is 2.49. The molecule has 0 aliphatic heterocycles. The molecule has 0 aliphatic rings. The number of nitrogens with zero attached hydrogens (tertiary/aromatic N) is 2. The molecule has 2 aromatic rings. The van der Waals surface area contributed by atoms with Crippen molar-refractivity contribution in [3.8, 4) is 0 Å². The van der Waals surface area contributed by atoms with Crippen LogP contribution in [0.4, 0.5) is 4.79 Å². The van der Waals surface area contributed by atoms with Gasteiger partial charge in [-0.3, -0.25) is 0 Å². The SMILES string of the molecule is NC(N)=O.c1ncc2cc[nH]c2n1. The molecule has 2 amide bonds. The highest BCUT2D eigenvalue weighted by atomic mass is 16.2. The predicted octanol–water partition coefficient (Wildman–Crippen LogP) is -0.0183. The van der Waals surface area contributed by atoms with Gasteiger partial charge < -0.3 is 16.5 Å². The first-order chi connectivity index (χ1) is 6.20. The number of urea groups is 1. The van der Waals surface area contributed by atoms with E-state index in [0.29, 0.717) is 0 Å². The number of nitrogens with two attached hydrogens (primary N) is 2. The summed E-state index contributed by atoms with van der Waals surface area (Å²) in [5.74, 6) is 0. The molecule has 0 aliphatic carbocycles. The Morgan fingerprint density at radius 1 is 1.46 bits per heavy atom. The lowest BCUT2D eigenvalue weighted by Gasteiger charge is -1.81. The number of rotatable bonds is 0. The van der Waals surface area contributed by atoms with E-state index in [-0.39, 0.29) is 0 Å². The van der Waals surface area contributed by atoms with Crippen molar-refractivity contribution in [2.24, 2.45) is 11.5 Å². The van der Waals surface area contributed by atoms with Gasteiger partial charge in [-0.25, -0.2) is 14.8 Å². The van der Waals surface area contributed by atoms with Crippen molar-refractivity contribution in [2.75, 3.05) is 0 Å². The van der Waals surface area contributed by atoms with Gasteiger partial charge in [-0.05, 0) is 6.07 Å². The maximum absolute atomic E-state index is 9.00. The van der Waals surface area contributed by atoms with Gasteiger partial charge in [0.05, 0.1) is 0 Å². The first-order valence-electron chi connectivity index (χ1n) is 3.48. The third-order valence-corrected chi connectivity index (χ3v) is 1.22. The first-order valence-corrected chi connectivity index (χ1v) is 3.48. The van der Waals surface area contributed by atoms with Crippen molar-refractivity contribution in [1.29, 1.82) is 0 Å². The number of amides is 2. The smallest absolute Gasteiger partial charge is 0.309 e. The molecule has 0 saturated carbocycles. The highest BCUT2D eigenvalue weighted by Gasteiger charge is 1.89. The third kappa shape index (κ3) is 2.78. The number of nitrogens with one attached hydrogen (secondary N) is 1. The molecule has 0 fully saturated rings. The number of aromatic nitrogens is 3. The molecule has 0 spiro atoms. The summed E-state index contributed by atoms with van der Waals surface area (Å²) in [5.41, 5.74) is 9.39. The van der Waals surface area contributed by atoms with E-state index in [4.69, 9.17) is 4.79 Å². The van der Waals surface area contributed by atoms with Crippen LogP contribution < -0.4 is 11.5 Å². The molecule has 2 rings (SSSR count). The summed E-state index contributed by atoms with van der Waals surface area (Å²) in [6.45, 7) is 0. The molecule has 0 aromatic carbocycles. The van der Waals surface area contributed by atoms with Crippen molar-refractivity contribution in [3.05, 3.63) is 24.8 Å². The van der Waals surface area contributed by atoms with E-state index in [0.717, 1.165) is 11.0 Å². The molecule has 2 heterocycles. The minimum absolute atomic E-state index is 0.833. The van der Waals surface area contributed by atoms with Crippen LogP contribution in [-0.4, -0.2) is 21.0 Å². The van der Waals surface area contributed by atoms with Gasteiger partial charge in [0.15, 0.2) is 0 Å². The molecular weight excluding hydrogens is 170 g/mol. The predicted molar refractivity (Wildman–Crippen MR) is 47.7 cm³/mol. The van der Waals surface area contributed by atoms with E-state index in [1.165, 1.54) is 6.33 Å². The summed E-state index contributed by atoms with van der Waals surface area (Å²) in [6, 6.07) is 1.11. The number of fused-ring (bicyclic) bond motifs is 1. The monoisotopic (exact) mass is 179 g/mol. The molecule has 0 saturated heterocycles. The number of carbonyl (C=O) groups is 1. The molecule has 6 nitrogen and oxygen atoms in total. The Kier molecular flexibility index (Phi) is 2.80. The zero-order valence-electron chi connectivity index (χ0n) is 6.77. The normalized spacial score (nSPS) is 8.92. The average molecular weight is 179 g/mol. The number of hydrogen-bond donors (Lipinski definition) is 3. The fraction of sp³-hybridized carbons (Fsp3) is 0. The number of hydrogen-bond acceptors (Lipinski definition) is 3. The van der Waals surface area contributed by atoms with E-state index in [9.17, 15) is 0 Å². The van der Waals surface area contributed by atoms with Gasteiger partial charge in [0.2, 0.25) is 0 Å². The Labute approximate surface area is 74.0 Å². The fourth-order valence-corrected chi connectivity index (χ4v) is 0.793. The van der Waals surface area contributed by atoms with Gasteiger partial charge in [-0.15, -0.1) is 0 Å². The molecule has 0 atom stereocenters. The zero-order valence-corrected chi connectivity index (χ0v) is 6.77. The molecule has 2 aromatic heterocycles. The standard InChI is InChI=1S/C6H5N3.CH4N2O/c1-2-8-6-5(1)3-7-4-9-6;2-1(3)4/h1-4H,(H,7,8,9);(H4,2,3,4). The number of primary amides is 2. The summed E-state index contributed by atoms with van der Waals surface area (Å²) in [4.78, 5) is 19.8. The topological polar surface area (TPSA) is 111 Å². The molecule has 13 heavy (non-hydrogen) atoms. The Hall–Kier alpha value is -2.11. The quantitative estimate of drug-likeness (QED) is 0.528. The van der Waals surface area contributed by atoms with Gasteiger partial charge in [0.25, 0.3) is 0 Å². The van der Waals surface area contributed by atoms with Crippen LogP contribution in [0.2, 0.25) is 0 Å². The Morgan fingerprint density at radius 2 is 2.15 bits per heavy atom. The summed E-state index contributed by atoms with van der Waals surface area (Å²) < 4.78 is 0. The Morgan fingerprint density at radius 3 is 2.77 bits per heavy atom. The molecule has 5 N–H and O–H groups in total. The maximum Gasteiger partial charge on any atom is 0.309 e. The summed E-state index contributed by atoms with van der Waals surface area (Å²) in [5, 5.41) is 1.05. The van der Waals surface area contributed by atoms with E-state index < -0.39 is 6.03 Å². The van der Waals surface area contributed by atoms with Crippen molar-refractivity contribution in [2.45, 2.75) is 0 Å². The Balaban J connectivity index is 0.000000184. The second-order valence-corrected chi connectivity index (χ2v) is 2.21. The van der Waals surface area contributed by atoms with E-state index in [1.54, 1.807) is 6.20 Å². The van der Waals surface area contributed by atoms with E-state index >= 15 is 0 Å². The first kappa shape index (κ1) is 8.98.